The average Bonchev–Trinajstić information content (AvgIpc) is 2.25. The van der Waals surface area contributed by atoms with Crippen molar-refractivity contribution in [3.05, 3.63) is 0 Å². The summed E-state index contributed by atoms with van der Waals surface area (Å²) in [5, 5.41) is 10.3. The first-order valence-electron chi connectivity index (χ1n) is 6.95. The van der Waals surface area contributed by atoms with Gasteiger partial charge in [-0.1, -0.05) is 0 Å². The molecule has 124 valence electrons. The van der Waals surface area contributed by atoms with Gasteiger partial charge in [-0.15, -0.1) is 0 Å². The summed E-state index contributed by atoms with van der Waals surface area (Å²) < 4.78 is 31.7. The third kappa shape index (κ3) is 7.10. The minimum absolute atomic E-state index is 0.0538. The molecule has 1 amide bonds. The maximum atomic E-state index is 11.9. The van der Waals surface area contributed by atoms with E-state index >= 15 is 0 Å². The van der Waals surface area contributed by atoms with Gasteiger partial charge in [0, 0.05) is 19.5 Å². The highest BCUT2D eigenvalue weighted by Gasteiger charge is 2.35. The Balaban J connectivity index is 2.42. The molecule has 1 rings (SSSR count). The number of hydrogen-bond donors (Lipinski definition) is 1. The fourth-order valence-corrected chi connectivity index (χ4v) is 2.45. The largest absolute Gasteiger partial charge is 0.444 e. The van der Waals surface area contributed by atoms with Gasteiger partial charge in [-0.05, 0) is 33.6 Å². The number of likely N-dealkylation sites (tertiary alicyclic amines) is 1. The quantitative estimate of drug-likeness (QED) is 0.779. The summed E-state index contributed by atoms with van der Waals surface area (Å²) in [5.74, 6) is 0. The molecule has 0 aliphatic carbocycles. The Hall–Kier alpha value is -0.860. The molecule has 8 heteroatoms. The molecule has 1 aliphatic rings. The van der Waals surface area contributed by atoms with Crippen LogP contribution in [0.25, 0.3) is 0 Å². The van der Waals surface area contributed by atoms with Crippen LogP contribution >= 0.6 is 0 Å². The van der Waals surface area contributed by atoms with Crippen molar-refractivity contribution in [2.24, 2.45) is 0 Å². The normalized spacial score (nSPS) is 19.4. The molecule has 1 fully saturated rings. The third-order valence-electron chi connectivity index (χ3n) is 3.21. The van der Waals surface area contributed by atoms with Gasteiger partial charge in [0.2, 0.25) is 0 Å². The highest BCUT2D eigenvalue weighted by atomic mass is 32.2. The van der Waals surface area contributed by atoms with Crippen molar-refractivity contribution in [2.45, 2.75) is 51.2 Å². The van der Waals surface area contributed by atoms with Crippen LogP contribution in [0.2, 0.25) is 0 Å². The highest BCUT2D eigenvalue weighted by molar-refractivity contribution is 7.85. The van der Waals surface area contributed by atoms with Gasteiger partial charge in [0.1, 0.15) is 5.60 Å². The van der Waals surface area contributed by atoms with Crippen molar-refractivity contribution < 1.29 is 27.2 Å². The molecular weight excluding hydrogens is 298 g/mol. The second-order valence-corrected chi connectivity index (χ2v) is 8.11. The molecule has 1 aliphatic heterocycles. The first kappa shape index (κ1) is 18.2. The predicted octanol–water partition coefficient (Wildman–Crippen LogP) is 1.11. The van der Waals surface area contributed by atoms with Crippen LogP contribution in [0.3, 0.4) is 0 Å². The van der Waals surface area contributed by atoms with Crippen LogP contribution < -0.4 is 0 Å². The van der Waals surface area contributed by atoms with E-state index in [-0.39, 0.29) is 13.0 Å². The molecule has 1 heterocycles. The summed E-state index contributed by atoms with van der Waals surface area (Å²) >= 11 is 0. The van der Waals surface area contributed by atoms with E-state index in [0.717, 1.165) is 6.26 Å². The average molecular weight is 323 g/mol. The van der Waals surface area contributed by atoms with Crippen LogP contribution in [-0.4, -0.2) is 61.7 Å². The van der Waals surface area contributed by atoms with E-state index < -0.39 is 27.4 Å². The first-order valence-corrected chi connectivity index (χ1v) is 8.77. The van der Waals surface area contributed by atoms with Crippen LogP contribution in [0.5, 0.6) is 0 Å². The molecule has 0 spiro atoms. The molecule has 0 saturated carbocycles. The minimum Gasteiger partial charge on any atom is -0.444 e. The standard InChI is InChI=1S/C13H25NO6S/c1-12(2,3)20-11(15)14-8-5-13(16,6-9-14)7-10-19-21(4,17)18/h16H,5-10H2,1-4H3. The lowest BCUT2D eigenvalue weighted by atomic mass is 9.89. The Bertz CT molecular complexity index is 460. The summed E-state index contributed by atoms with van der Waals surface area (Å²) in [5.41, 5.74) is -1.54. The Morgan fingerprint density at radius 1 is 1.29 bits per heavy atom. The number of hydrogen-bond acceptors (Lipinski definition) is 6. The van der Waals surface area contributed by atoms with Gasteiger partial charge >= 0.3 is 6.09 Å². The number of carbonyl (C=O) groups excluding carboxylic acids is 1. The minimum atomic E-state index is -3.49. The van der Waals surface area contributed by atoms with E-state index in [0.29, 0.717) is 25.9 Å². The second-order valence-electron chi connectivity index (χ2n) is 6.47. The monoisotopic (exact) mass is 323 g/mol. The van der Waals surface area contributed by atoms with Gasteiger partial charge in [-0.3, -0.25) is 4.18 Å². The zero-order valence-electron chi connectivity index (χ0n) is 13.1. The van der Waals surface area contributed by atoms with Gasteiger partial charge in [0.15, 0.2) is 0 Å². The van der Waals surface area contributed by atoms with E-state index in [4.69, 9.17) is 4.74 Å². The van der Waals surface area contributed by atoms with Crippen molar-refractivity contribution in [1.29, 1.82) is 0 Å². The topological polar surface area (TPSA) is 93.1 Å². The van der Waals surface area contributed by atoms with Crippen molar-refractivity contribution in [2.75, 3.05) is 26.0 Å². The van der Waals surface area contributed by atoms with Gasteiger partial charge in [-0.25, -0.2) is 4.79 Å². The van der Waals surface area contributed by atoms with E-state index in [1.54, 1.807) is 25.7 Å². The van der Waals surface area contributed by atoms with Crippen LogP contribution in [0.1, 0.15) is 40.0 Å². The fourth-order valence-electron chi connectivity index (χ4n) is 2.07. The Morgan fingerprint density at radius 3 is 2.24 bits per heavy atom. The zero-order chi connectivity index (χ0) is 16.3. The summed E-state index contributed by atoms with van der Waals surface area (Å²) in [6.07, 6.45) is 1.56. The molecule has 0 atom stereocenters. The molecule has 21 heavy (non-hydrogen) atoms. The number of ether oxygens (including phenoxy) is 1. The summed E-state index contributed by atoms with van der Waals surface area (Å²) in [4.78, 5) is 13.4. The number of piperidine rings is 1. The van der Waals surface area contributed by atoms with Crippen molar-refractivity contribution in [1.82, 2.24) is 4.90 Å². The summed E-state index contributed by atoms with van der Waals surface area (Å²) in [7, 11) is -3.49. The Morgan fingerprint density at radius 2 is 1.81 bits per heavy atom. The molecule has 0 aromatic carbocycles. The van der Waals surface area contributed by atoms with Gasteiger partial charge in [-0.2, -0.15) is 8.42 Å². The lowest BCUT2D eigenvalue weighted by Gasteiger charge is -2.38. The van der Waals surface area contributed by atoms with Crippen molar-refractivity contribution in [3.8, 4) is 0 Å². The Kier molecular flexibility index (Phi) is 5.63. The second kappa shape index (κ2) is 6.50. The van der Waals surface area contributed by atoms with Gasteiger partial charge in [0.05, 0.1) is 18.5 Å². The lowest BCUT2D eigenvalue weighted by molar-refractivity contribution is -0.0416. The highest BCUT2D eigenvalue weighted by Crippen LogP contribution is 2.26. The molecule has 0 bridgehead atoms. The molecule has 0 radical (unpaired) electrons. The van der Waals surface area contributed by atoms with Crippen LogP contribution in [-0.2, 0) is 19.0 Å². The van der Waals surface area contributed by atoms with E-state index in [1.165, 1.54) is 0 Å². The number of nitrogens with zero attached hydrogens (tertiary/aromatic N) is 1. The van der Waals surface area contributed by atoms with Gasteiger partial charge in [0.25, 0.3) is 10.1 Å². The smallest absolute Gasteiger partial charge is 0.410 e. The molecule has 0 unspecified atom stereocenters. The van der Waals surface area contributed by atoms with E-state index in [9.17, 15) is 18.3 Å². The lowest BCUT2D eigenvalue weighted by Crippen LogP contribution is -2.48. The zero-order valence-corrected chi connectivity index (χ0v) is 13.9. The molecule has 1 saturated heterocycles. The summed E-state index contributed by atoms with van der Waals surface area (Å²) in [6.45, 7) is 6.10. The fraction of sp³-hybridized carbons (Fsp3) is 0.923. The maximum Gasteiger partial charge on any atom is 0.410 e. The molecular formula is C13H25NO6S. The molecule has 0 aromatic rings. The SMILES string of the molecule is CC(C)(C)OC(=O)N1CCC(O)(CCOS(C)(=O)=O)CC1. The number of rotatable bonds is 4. The van der Waals surface area contributed by atoms with Gasteiger partial charge < -0.3 is 14.7 Å². The third-order valence-corrected chi connectivity index (χ3v) is 3.81. The van der Waals surface area contributed by atoms with Crippen molar-refractivity contribution >= 4 is 16.2 Å². The van der Waals surface area contributed by atoms with E-state index in [1.807, 2.05) is 0 Å². The van der Waals surface area contributed by atoms with Crippen LogP contribution in [0.15, 0.2) is 0 Å². The number of amides is 1. The number of aliphatic hydroxyl groups is 1. The summed E-state index contributed by atoms with van der Waals surface area (Å²) in [6, 6.07) is 0. The molecule has 7 nitrogen and oxygen atoms in total. The molecule has 0 aromatic heterocycles. The van der Waals surface area contributed by atoms with E-state index in [2.05, 4.69) is 4.18 Å². The first-order chi connectivity index (χ1) is 9.40. The number of carbonyl (C=O) groups is 1. The Labute approximate surface area is 126 Å². The predicted molar refractivity (Wildman–Crippen MR) is 77.4 cm³/mol. The van der Waals surface area contributed by atoms with Crippen molar-refractivity contribution in [3.63, 3.8) is 0 Å². The van der Waals surface area contributed by atoms with Crippen LogP contribution in [0, 0.1) is 0 Å². The maximum absolute atomic E-state index is 11.9. The molecule has 1 N–H and O–H groups in total. The van der Waals surface area contributed by atoms with Crippen LogP contribution in [0.4, 0.5) is 4.79 Å².